The van der Waals surface area contributed by atoms with Crippen LogP contribution in [0.3, 0.4) is 0 Å². The van der Waals surface area contributed by atoms with Gasteiger partial charge in [0.2, 0.25) is 0 Å². The monoisotopic (exact) mass is 269 g/mol. The van der Waals surface area contributed by atoms with Crippen molar-refractivity contribution in [1.29, 1.82) is 0 Å². The van der Waals surface area contributed by atoms with Crippen LogP contribution in [0, 0.1) is 0 Å². The number of hydrogen-bond acceptors (Lipinski definition) is 4. The number of anilines is 1. The Morgan fingerprint density at radius 3 is 2.90 bits per heavy atom. The van der Waals surface area contributed by atoms with Crippen LogP contribution < -0.4 is 5.32 Å². The van der Waals surface area contributed by atoms with Crippen LogP contribution in [0.4, 0.5) is 5.82 Å². The number of carboxylic acid groups (broad SMARTS) is 1. The van der Waals surface area contributed by atoms with Crippen molar-refractivity contribution in [2.45, 2.75) is 25.3 Å². The van der Waals surface area contributed by atoms with Crippen molar-refractivity contribution in [3.05, 3.63) is 53.5 Å². The zero-order valence-corrected chi connectivity index (χ0v) is 10.9. The first-order valence-electron chi connectivity index (χ1n) is 6.64. The van der Waals surface area contributed by atoms with Crippen LogP contribution in [0.1, 0.15) is 40.5 Å². The van der Waals surface area contributed by atoms with Crippen LogP contribution in [0.2, 0.25) is 0 Å². The minimum atomic E-state index is -1.07. The molecule has 1 aromatic carbocycles. The molecule has 1 aliphatic rings. The molecule has 1 heterocycles. The second-order valence-corrected chi connectivity index (χ2v) is 4.85. The highest BCUT2D eigenvalue weighted by molar-refractivity contribution is 5.90. The van der Waals surface area contributed by atoms with E-state index >= 15 is 0 Å². The van der Waals surface area contributed by atoms with Crippen molar-refractivity contribution in [2.24, 2.45) is 0 Å². The van der Waals surface area contributed by atoms with Gasteiger partial charge in [-0.15, -0.1) is 0 Å². The number of aromatic carboxylic acids is 1. The fraction of sp³-hybridized carbons (Fsp3) is 0.267. The number of benzene rings is 1. The Bertz CT molecular complexity index is 643. The molecule has 0 amide bonds. The number of aromatic nitrogens is 2. The summed E-state index contributed by atoms with van der Waals surface area (Å²) in [6, 6.07) is 8.34. The van der Waals surface area contributed by atoms with E-state index in [1.807, 2.05) is 12.1 Å². The smallest absolute Gasteiger partial charge is 0.358 e. The molecule has 2 N–H and O–H groups in total. The van der Waals surface area contributed by atoms with Crippen LogP contribution >= 0.6 is 0 Å². The van der Waals surface area contributed by atoms with Gasteiger partial charge >= 0.3 is 5.97 Å². The van der Waals surface area contributed by atoms with Crippen molar-refractivity contribution in [2.75, 3.05) is 5.32 Å². The Morgan fingerprint density at radius 2 is 2.05 bits per heavy atom. The summed E-state index contributed by atoms with van der Waals surface area (Å²) in [5, 5.41) is 12.4. The normalized spacial score (nSPS) is 17.3. The molecule has 5 heteroatoms. The van der Waals surface area contributed by atoms with Gasteiger partial charge in [0, 0.05) is 12.4 Å². The summed E-state index contributed by atoms with van der Waals surface area (Å²) in [4.78, 5) is 19.2. The first kappa shape index (κ1) is 12.6. The number of aryl methyl sites for hydroxylation is 1. The molecule has 0 saturated carbocycles. The molecular weight excluding hydrogens is 254 g/mol. The molecule has 0 bridgehead atoms. The average molecular weight is 269 g/mol. The van der Waals surface area contributed by atoms with E-state index in [9.17, 15) is 4.79 Å². The van der Waals surface area contributed by atoms with Crippen LogP contribution in [-0.2, 0) is 6.42 Å². The quantitative estimate of drug-likeness (QED) is 0.896. The average Bonchev–Trinajstić information content (AvgIpc) is 2.48. The van der Waals surface area contributed by atoms with Crippen molar-refractivity contribution in [3.8, 4) is 0 Å². The topological polar surface area (TPSA) is 75.1 Å². The molecule has 102 valence electrons. The van der Waals surface area contributed by atoms with Crippen LogP contribution in [0.5, 0.6) is 0 Å². The zero-order valence-electron chi connectivity index (χ0n) is 10.9. The summed E-state index contributed by atoms with van der Waals surface area (Å²) in [6.07, 6.45) is 6.01. The van der Waals surface area contributed by atoms with E-state index < -0.39 is 5.97 Å². The summed E-state index contributed by atoms with van der Waals surface area (Å²) in [5.74, 6) is -0.730. The molecule has 2 aromatic rings. The minimum Gasteiger partial charge on any atom is -0.476 e. The van der Waals surface area contributed by atoms with Gasteiger partial charge in [-0.25, -0.2) is 14.8 Å². The van der Waals surface area contributed by atoms with E-state index in [2.05, 4.69) is 27.4 Å². The number of carboxylic acids is 1. The Balaban J connectivity index is 1.92. The summed E-state index contributed by atoms with van der Waals surface area (Å²) in [6.45, 7) is 0. The largest absolute Gasteiger partial charge is 0.476 e. The van der Waals surface area contributed by atoms with Crippen molar-refractivity contribution in [1.82, 2.24) is 9.97 Å². The van der Waals surface area contributed by atoms with Crippen molar-refractivity contribution >= 4 is 11.8 Å². The lowest BCUT2D eigenvalue weighted by Crippen LogP contribution is -2.20. The maximum Gasteiger partial charge on any atom is 0.358 e. The summed E-state index contributed by atoms with van der Waals surface area (Å²) in [5.41, 5.74) is 2.51. The molecule has 1 aromatic heterocycles. The molecular formula is C15H15N3O2. The third-order valence-corrected chi connectivity index (χ3v) is 3.58. The molecule has 3 rings (SSSR count). The molecule has 0 fully saturated rings. The van der Waals surface area contributed by atoms with Crippen LogP contribution in [-0.4, -0.2) is 21.0 Å². The van der Waals surface area contributed by atoms with Gasteiger partial charge in [-0.2, -0.15) is 0 Å². The molecule has 1 aliphatic carbocycles. The second-order valence-electron chi connectivity index (χ2n) is 4.85. The molecule has 1 atom stereocenters. The van der Waals surface area contributed by atoms with E-state index in [0.29, 0.717) is 5.82 Å². The highest BCUT2D eigenvalue weighted by Gasteiger charge is 2.22. The summed E-state index contributed by atoms with van der Waals surface area (Å²) in [7, 11) is 0. The minimum absolute atomic E-state index is 0.0319. The van der Waals surface area contributed by atoms with E-state index in [1.165, 1.54) is 23.5 Å². The molecule has 1 unspecified atom stereocenters. The molecule has 20 heavy (non-hydrogen) atoms. The highest BCUT2D eigenvalue weighted by Crippen LogP contribution is 2.32. The number of carbonyl (C=O) groups is 1. The number of hydrogen-bond donors (Lipinski definition) is 2. The first-order chi connectivity index (χ1) is 9.75. The fourth-order valence-corrected chi connectivity index (χ4v) is 2.67. The second kappa shape index (κ2) is 5.28. The predicted molar refractivity (Wildman–Crippen MR) is 74.7 cm³/mol. The molecule has 0 spiro atoms. The number of nitrogens with one attached hydrogen (secondary N) is 1. The molecule has 5 nitrogen and oxygen atoms in total. The number of nitrogens with zero attached hydrogens (tertiary/aromatic N) is 2. The van der Waals surface area contributed by atoms with Gasteiger partial charge in [-0.3, -0.25) is 0 Å². The van der Waals surface area contributed by atoms with Gasteiger partial charge in [0.15, 0.2) is 11.5 Å². The fourth-order valence-electron chi connectivity index (χ4n) is 2.67. The standard InChI is InChI=1S/C15H15N3O2/c19-15(20)13-14(17-9-8-16-13)18-12-7-3-5-10-4-1-2-6-11(10)12/h1-2,4,6,8-9,12H,3,5,7H2,(H,17,18)(H,19,20). The molecule has 0 aliphatic heterocycles. The van der Waals surface area contributed by atoms with Gasteiger partial charge in [-0.05, 0) is 30.4 Å². The molecule has 0 saturated heterocycles. The van der Waals surface area contributed by atoms with Gasteiger partial charge in [0.1, 0.15) is 0 Å². The predicted octanol–water partition coefficient (Wildman–Crippen LogP) is 2.66. The van der Waals surface area contributed by atoms with Crippen LogP contribution in [0.25, 0.3) is 0 Å². The highest BCUT2D eigenvalue weighted by atomic mass is 16.4. The van der Waals surface area contributed by atoms with Crippen LogP contribution in [0.15, 0.2) is 36.7 Å². The van der Waals surface area contributed by atoms with Gasteiger partial charge in [-0.1, -0.05) is 24.3 Å². The Kier molecular flexibility index (Phi) is 3.33. The zero-order chi connectivity index (χ0) is 13.9. The van der Waals surface area contributed by atoms with Crippen molar-refractivity contribution in [3.63, 3.8) is 0 Å². The van der Waals surface area contributed by atoms with Gasteiger partial charge in [0.25, 0.3) is 0 Å². The van der Waals surface area contributed by atoms with E-state index in [1.54, 1.807) is 0 Å². The third-order valence-electron chi connectivity index (χ3n) is 3.58. The lowest BCUT2D eigenvalue weighted by atomic mass is 9.88. The third kappa shape index (κ3) is 2.34. The Morgan fingerprint density at radius 1 is 1.25 bits per heavy atom. The van der Waals surface area contributed by atoms with Gasteiger partial charge < -0.3 is 10.4 Å². The Labute approximate surface area is 116 Å². The number of fused-ring (bicyclic) bond motifs is 1. The Hall–Kier alpha value is -2.43. The first-order valence-corrected chi connectivity index (χ1v) is 6.64. The number of rotatable bonds is 3. The summed E-state index contributed by atoms with van der Waals surface area (Å²) < 4.78 is 0. The molecule has 0 radical (unpaired) electrons. The SMILES string of the molecule is O=C(O)c1nccnc1NC1CCCc2ccccc21. The lowest BCUT2D eigenvalue weighted by molar-refractivity contribution is 0.0691. The van der Waals surface area contributed by atoms with E-state index in [0.717, 1.165) is 19.3 Å². The van der Waals surface area contributed by atoms with E-state index in [-0.39, 0.29) is 11.7 Å². The van der Waals surface area contributed by atoms with Gasteiger partial charge in [0.05, 0.1) is 6.04 Å². The maximum atomic E-state index is 11.2. The lowest BCUT2D eigenvalue weighted by Gasteiger charge is -2.27. The van der Waals surface area contributed by atoms with Crippen molar-refractivity contribution < 1.29 is 9.90 Å². The van der Waals surface area contributed by atoms with E-state index in [4.69, 9.17) is 5.11 Å². The maximum absolute atomic E-state index is 11.2. The summed E-state index contributed by atoms with van der Waals surface area (Å²) >= 11 is 0.